The molecule has 0 aromatic rings. The van der Waals surface area contributed by atoms with E-state index in [9.17, 15) is 25.2 Å². The van der Waals surface area contributed by atoms with E-state index in [-0.39, 0.29) is 0 Å². The van der Waals surface area contributed by atoms with E-state index in [1.807, 2.05) is 0 Å². The molecular weight excluding hydrogens is 196 g/mol. The van der Waals surface area contributed by atoms with Crippen LogP contribution >= 0.6 is 0 Å². The highest BCUT2D eigenvalue weighted by molar-refractivity contribution is 5.71. The number of carboxylic acids is 1. The summed E-state index contributed by atoms with van der Waals surface area (Å²) in [6.45, 7) is 0. The van der Waals surface area contributed by atoms with Crippen LogP contribution in [0.15, 0.2) is 0 Å². The van der Waals surface area contributed by atoms with Crippen LogP contribution in [0.3, 0.4) is 0 Å². The first-order chi connectivity index (χ1) is 6.49. The Labute approximate surface area is 79.5 Å². The summed E-state index contributed by atoms with van der Waals surface area (Å²) in [5.41, 5.74) is 0. The van der Waals surface area contributed by atoms with Gasteiger partial charge in [0, 0.05) is 7.11 Å². The van der Waals surface area contributed by atoms with E-state index in [1.165, 1.54) is 7.11 Å². The van der Waals surface area contributed by atoms with Gasteiger partial charge in [-0.2, -0.15) is 0 Å². The van der Waals surface area contributed by atoms with E-state index >= 15 is 0 Å². The van der Waals surface area contributed by atoms with Gasteiger partial charge in [0.25, 0.3) is 0 Å². The van der Waals surface area contributed by atoms with Crippen molar-refractivity contribution in [2.45, 2.75) is 30.7 Å². The standard InChI is InChI=1S/C7H12O7/c1-13-7-4(10)2(8)3(9)5(14-7)6(11)12/h2-5,7-10H,1H3,(H,11,12)/p-1. The third-order valence-electron chi connectivity index (χ3n) is 2.03. The van der Waals surface area contributed by atoms with Crippen molar-refractivity contribution in [2.75, 3.05) is 7.11 Å². The van der Waals surface area contributed by atoms with Crippen LogP contribution in [0.1, 0.15) is 0 Å². The molecule has 0 aromatic carbocycles. The van der Waals surface area contributed by atoms with Gasteiger partial charge in [0.1, 0.15) is 24.4 Å². The topological polar surface area (TPSA) is 119 Å². The lowest BCUT2D eigenvalue weighted by Gasteiger charge is -2.39. The Morgan fingerprint density at radius 3 is 2.29 bits per heavy atom. The minimum atomic E-state index is -1.73. The highest BCUT2D eigenvalue weighted by Crippen LogP contribution is 2.21. The van der Waals surface area contributed by atoms with Gasteiger partial charge in [0.2, 0.25) is 0 Å². The highest BCUT2D eigenvalue weighted by Gasteiger charge is 2.44. The molecule has 5 atom stereocenters. The number of carbonyl (C=O) groups excluding carboxylic acids is 1. The molecular formula is C7H11O7-. The minimum Gasteiger partial charge on any atom is -0.547 e. The Morgan fingerprint density at radius 1 is 1.29 bits per heavy atom. The van der Waals surface area contributed by atoms with Crippen LogP contribution in [-0.4, -0.2) is 59.1 Å². The van der Waals surface area contributed by atoms with Gasteiger partial charge in [-0.15, -0.1) is 0 Å². The molecule has 7 nitrogen and oxygen atoms in total. The van der Waals surface area contributed by atoms with Crippen LogP contribution in [0.2, 0.25) is 0 Å². The number of aliphatic hydroxyl groups excluding tert-OH is 3. The Balaban J connectivity index is 2.78. The van der Waals surface area contributed by atoms with Crippen molar-refractivity contribution in [1.82, 2.24) is 0 Å². The van der Waals surface area contributed by atoms with Gasteiger partial charge >= 0.3 is 0 Å². The lowest BCUT2D eigenvalue weighted by atomic mass is 9.99. The molecule has 0 aromatic heterocycles. The number of aliphatic hydroxyl groups is 3. The summed E-state index contributed by atoms with van der Waals surface area (Å²) in [6, 6.07) is 0. The number of hydrogen-bond donors (Lipinski definition) is 3. The van der Waals surface area contributed by atoms with Gasteiger partial charge in [-0.05, 0) is 0 Å². The van der Waals surface area contributed by atoms with E-state index in [2.05, 4.69) is 9.47 Å². The largest absolute Gasteiger partial charge is 0.547 e. The van der Waals surface area contributed by atoms with Crippen LogP contribution in [0.5, 0.6) is 0 Å². The van der Waals surface area contributed by atoms with Crippen LogP contribution in [0.4, 0.5) is 0 Å². The molecule has 7 heteroatoms. The number of rotatable bonds is 2. The average Bonchev–Trinajstić information content (AvgIpc) is 2.14. The molecule has 0 aliphatic carbocycles. The number of ether oxygens (including phenoxy) is 2. The molecule has 0 spiro atoms. The van der Waals surface area contributed by atoms with Crippen LogP contribution < -0.4 is 5.11 Å². The molecule has 3 N–H and O–H groups in total. The molecule has 1 heterocycles. The van der Waals surface area contributed by atoms with Crippen molar-refractivity contribution in [3.05, 3.63) is 0 Å². The maximum Gasteiger partial charge on any atom is 0.186 e. The molecule has 0 amide bonds. The Kier molecular flexibility index (Phi) is 3.40. The minimum absolute atomic E-state index is 1.17. The number of aliphatic carboxylic acids is 1. The fourth-order valence-electron chi connectivity index (χ4n) is 1.24. The van der Waals surface area contributed by atoms with Gasteiger partial charge < -0.3 is 34.7 Å². The van der Waals surface area contributed by atoms with Gasteiger partial charge in [-0.3, -0.25) is 0 Å². The van der Waals surface area contributed by atoms with E-state index < -0.39 is 36.7 Å². The van der Waals surface area contributed by atoms with E-state index in [4.69, 9.17) is 0 Å². The average molecular weight is 207 g/mol. The SMILES string of the molecule is COC1OC(C(=O)[O-])C(O)C(O)C1O. The quantitative estimate of drug-likeness (QED) is 0.424. The predicted molar refractivity (Wildman–Crippen MR) is 38.7 cm³/mol. The zero-order chi connectivity index (χ0) is 10.9. The molecule has 0 bridgehead atoms. The number of methoxy groups -OCH3 is 1. The van der Waals surface area contributed by atoms with Crippen LogP contribution in [-0.2, 0) is 14.3 Å². The molecule has 1 aliphatic heterocycles. The highest BCUT2D eigenvalue weighted by atomic mass is 16.7. The van der Waals surface area contributed by atoms with Gasteiger partial charge in [-0.25, -0.2) is 0 Å². The summed E-state index contributed by atoms with van der Waals surface area (Å²) in [5.74, 6) is -1.68. The summed E-state index contributed by atoms with van der Waals surface area (Å²) in [7, 11) is 1.17. The number of carboxylic acid groups (broad SMARTS) is 1. The second-order valence-corrected chi connectivity index (χ2v) is 2.95. The van der Waals surface area contributed by atoms with Crippen molar-refractivity contribution < 1.29 is 34.7 Å². The first-order valence-electron chi connectivity index (χ1n) is 3.92. The summed E-state index contributed by atoms with van der Waals surface area (Å²) in [5, 5.41) is 38.1. The summed E-state index contributed by atoms with van der Waals surface area (Å²) in [4.78, 5) is 10.4. The Bertz CT molecular complexity index is 216. The van der Waals surface area contributed by atoms with Gasteiger partial charge in [-0.1, -0.05) is 0 Å². The Hall–Kier alpha value is -0.730. The Morgan fingerprint density at radius 2 is 1.86 bits per heavy atom. The van der Waals surface area contributed by atoms with Crippen molar-refractivity contribution in [3.63, 3.8) is 0 Å². The van der Waals surface area contributed by atoms with Crippen molar-refractivity contribution in [1.29, 1.82) is 0 Å². The zero-order valence-electron chi connectivity index (χ0n) is 7.36. The maximum absolute atomic E-state index is 10.4. The molecule has 1 fully saturated rings. The molecule has 5 unspecified atom stereocenters. The van der Waals surface area contributed by atoms with Gasteiger partial charge in [0.15, 0.2) is 6.29 Å². The summed E-state index contributed by atoms with van der Waals surface area (Å²) < 4.78 is 9.22. The third kappa shape index (κ3) is 1.86. The molecule has 0 radical (unpaired) electrons. The molecule has 0 saturated carbocycles. The van der Waals surface area contributed by atoms with Crippen molar-refractivity contribution in [3.8, 4) is 0 Å². The fraction of sp³-hybridized carbons (Fsp3) is 0.857. The second-order valence-electron chi connectivity index (χ2n) is 2.95. The van der Waals surface area contributed by atoms with E-state index in [0.29, 0.717) is 0 Å². The fourth-order valence-corrected chi connectivity index (χ4v) is 1.24. The molecule has 14 heavy (non-hydrogen) atoms. The number of hydrogen-bond acceptors (Lipinski definition) is 7. The smallest absolute Gasteiger partial charge is 0.186 e. The molecule has 1 rings (SSSR count). The number of carbonyl (C=O) groups is 1. The molecule has 1 aliphatic rings. The van der Waals surface area contributed by atoms with Crippen molar-refractivity contribution >= 4 is 5.97 Å². The zero-order valence-corrected chi connectivity index (χ0v) is 7.36. The van der Waals surface area contributed by atoms with E-state index in [1.54, 1.807) is 0 Å². The normalized spacial score (nSPS) is 43.6. The second kappa shape index (κ2) is 4.20. The molecule has 82 valence electrons. The molecule has 1 saturated heterocycles. The lowest BCUT2D eigenvalue weighted by molar-refractivity contribution is -0.347. The maximum atomic E-state index is 10.4. The third-order valence-corrected chi connectivity index (χ3v) is 2.03. The van der Waals surface area contributed by atoms with E-state index in [0.717, 1.165) is 0 Å². The predicted octanol–water partition coefficient (Wildman–Crippen LogP) is -3.81. The lowest BCUT2D eigenvalue weighted by Crippen LogP contribution is -2.62. The van der Waals surface area contributed by atoms with Gasteiger partial charge in [0.05, 0.1) is 5.97 Å². The van der Waals surface area contributed by atoms with Crippen molar-refractivity contribution in [2.24, 2.45) is 0 Å². The van der Waals surface area contributed by atoms with Crippen LogP contribution in [0, 0.1) is 0 Å². The van der Waals surface area contributed by atoms with Crippen LogP contribution in [0.25, 0.3) is 0 Å². The first kappa shape index (κ1) is 11.3. The summed E-state index contributed by atoms with van der Waals surface area (Å²) in [6.07, 6.45) is -7.88. The monoisotopic (exact) mass is 207 g/mol. The first-order valence-corrected chi connectivity index (χ1v) is 3.92. The summed E-state index contributed by atoms with van der Waals surface area (Å²) >= 11 is 0.